The zero-order valence-corrected chi connectivity index (χ0v) is 22.2. The normalized spacial score (nSPS) is 26.8. The SMILES string of the molecule is C=C=C[C@@]1(O)C(O)[C@@](F)(COP(=O)(NC(C)C(=O)OC(C)C)Oc2ccccc2)O[C@H]1n1ccc(=O)[nH]c1=O. The Morgan fingerprint density at radius 3 is 2.59 bits per heavy atom. The molecule has 1 aliphatic rings. The number of aliphatic hydroxyl groups is 2. The molecule has 1 aromatic heterocycles. The molecule has 3 unspecified atom stereocenters. The number of esters is 1. The maximum atomic E-state index is 16.1. The van der Waals surface area contributed by atoms with Crippen molar-refractivity contribution in [1.29, 1.82) is 0 Å². The number of para-hydroxylation sites is 1. The number of aromatic nitrogens is 2. The number of carbonyl (C=O) groups excluding carboxylic acids is 1. The number of alkyl halides is 1. The maximum Gasteiger partial charge on any atom is 0.459 e. The van der Waals surface area contributed by atoms with Crippen LogP contribution >= 0.6 is 7.75 Å². The molecule has 1 aliphatic heterocycles. The van der Waals surface area contributed by atoms with Crippen molar-refractivity contribution in [2.24, 2.45) is 0 Å². The number of carbonyl (C=O) groups is 1. The molecular weight excluding hydrogens is 540 g/mol. The lowest BCUT2D eigenvalue weighted by Gasteiger charge is -2.29. The Morgan fingerprint density at radius 2 is 2.00 bits per heavy atom. The fourth-order valence-electron chi connectivity index (χ4n) is 3.65. The van der Waals surface area contributed by atoms with Gasteiger partial charge < -0.3 is 24.2 Å². The third-order valence-electron chi connectivity index (χ3n) is 5.44. The number of aliphatic hydroxyl groups excluding tert-OH is 1. The minimum atomic E-state index is -4.60. The van der Waals surface area contributed by atoms with Gasteiger partial charge in [-0.3, -0.25) is 23.7 Å². The molecule has 0 aliphatic carbocycles. The molecule has 2 heterocycles. The summed E-state index contributed by atoms with van der Waals surface area (Å²) >= 11 is 0. The summed E-state index contributed by atoms with van der Waals surface area (Å²) in [5.41, 5.74) is -2.30. The number of hydrogen-bond donors (Lipinski definition) is 4. The van der Waals surface area contributed by atoms with Gasteiger partial charge in [-0.1, -0.05) is 24.8 Å². The van der Waals surface area contributed by atoms with E-state index in [0.29, 0.717) is 4.57 Å². The highest BCUT2D eigenvalue weighted by atomic mass is 31.2. The minimum Gasteiger partial charge on any atom is -0.462 e. The highest BCUT2D eigenvalue weighted by Gasteiger charge is 2.65. The van der Waals surface area contributed by atoms with Crippen LogP contribution in [0.3, 0.4) is 0 Å². The van der Waals surface area contributed by atoms with E-state index in [9.17, 15) is 29.2 Å². The number of hydrogen-bond acceptors (Lipinski definition) is 10. The first-order valence-electron chi connectivity index (χ1n) is 11.7. The van der Waals surface area contributed by atoms with Crippen molar-refractivity contribution in [2.45, 2.75) is 56.7 Å². The highest BCUT2D eigenvalue weighted by molar-refractivity contribution is 7.52. The number of aromatic amines is 1. The van der Waals surface area contributed by atoms with Gasteiger partial charge in [-0.15, -0.1) is 5.73 Å². The van der Waals surface area contributed by atoms with Crippen LogP contribution in [0.2, 0.25) is 0 Å². The van der Waals surface area contributed by atoms with Crippen LogP contribution < -0.4 is 20.9 Å². The van der Waals surface area contributed by atoms with Gasteiger partial charge in [0.15, 0.2) is 17.9 Å². The van der Waals surface area contributed by atoms with Gasteiger partial charge in [0.1, 0.15) is 18.4 Å². The molecule has 0 radical (unpaired) electrons. The summed E-state index contributed by atoms with van der Waals surface area (Å²) in [6.45, 7) is 6.50. The quantitative estimate of drug-likeness (QED) is 0.174. The van der Waals surface area contributed by atoms with Crippen LogP contribution in [0.15, 0.2) is 70.6 Å². The first kappa shape index (κ1) is 30.2. The van der Waals surface area contributed by atoms with Crippen molar-refractivity contribution in [3.8, 4) is 5.75 Å². The van der Waals surface area contributed by atoms with E-state index in [0.717, 1.165) is 18.3 Å². The molecule has 15 heteroatoms. The number of H-pyrrole nitrogens is 1. The van der Waals surface area contributed by atoms with Crippen molar-refractivity contribution in [1.82, 2.24) is 14.6 Å². The second-order valence-electron chi connectivity index (χ2n) is 8.92. The van der Waals surface area contributed by atoms with Crippen molar-refractivity contribution >= 4 is 13.7 Å². The molecule has 0 amide bonds. The second-order valence-corrected chi connectivity index (χ2v) is 10.6. The Bertz CT molecular complexity index is 1390. The third-order valence-corrected chi connectivity index (χ3v) is 7.07. The van der Waals surface area contributed by atoms with Crippen LogP contribution in [0.4, 0.5) is 4.39 Å². The number of nitrogens with one attached hydrogen (secondary N) is 2. The Morgan fingerprint density at radius 1 is 1.33 bits per heavy atom. The molecule has 0 bridgehead atoms. The number of rotatable bonds is 11. The molecule has 3 rings (SSSR count). The van der Waals surface area contributed by atoms with E-state index in [1.165, 1.54) is 19.1 Å². The van der Waals surface area contributed by atoms with Crippen LogP contribution in [0.5, 0.6) is 5.75 Å². The summed E-state index contributed by atoms with van der Waals surface area (Å²) in [4.78, 5) is 38.0. The molecule has 0 saturated carbocycles. The molecule has 39 heavy (non-hydrogen) atoms. The average molecular weight is 569 g/mol. The smallest absolute Gasteiger partial charge is 0.459 e. The van der Waals surface area contributed by atoms with Crippen LogP contribution in [-0.2, 0) is 23.4 Å². The van der Waals surface area contributed by atoms with E-state index in [4.69, 9.17) is 18.5 Å². The van der Waals surface area contributed by atoms with Gasteiger partial charge >= 0.3 is 19.4 Å². The fourth-order valence-corrected chi connectivity index (χ4v) is 5.16. The van der Waals surface area contributed by atoms with E-state index in [1.54, 1.807) is 32.0 Å². The first-order valence-corrected chi connectivity index (χ1v) is 13.2. The lowest BCUT2D eigenvalue weighted by molar-refractivity contribution is -0.204. The lowest BCUT2D eigenvalue weighted by atomic mass is 9.93. The lowest BCUT2D eigenvalue weighted by Crippen LogP contribution is -2.51. The molecular formula is C24H29FN3O10P. The largest absolute Gasteiger partial charge is 0.462 e. The number of ether oxygens (including phenoxy) is 2. The zero-order valence-electron chi connectivity index (χ0n) is 21.3. The minimum absolute atomic E-state index is 0.0299. The summed E-state index contributed by atoms with van der Waals surface area (Å²) in [7, 11) is -4.60. The Kier molecular flexibility index (Phi) is 9.14. The molecule has 2 aromatic rings. The number of halogens is 1. The van der Waals surface area contributed by atoms with Crippen LogP contribution in [0, 0.1) is 0 Å². The summed E-state index contributed by atoms with van der Waals surface area (Å²) in [6.07, 6.45) is -3.19. The molecule has 1 aromatic carbocycles. The van der Waals surface area contributed by atoms with E-state index in [1.807, 2.05) is 4.98 Å². The Hall–Kier alpha value is -3.35. The van der Waals surface area contributed by atoms with Crippen molar-refractivity contribution in [3.63, 3.8) is 0 Å². The standard InChI is InChI=1S/C24H29FN3O10P/c1-5-12-23(33)20(31)24(25,37-21(23)28-13-11-18(29)26-22(28)32)14-35-39(34,38-17-9-7-6-8-10-17)27-16(4)19(30)36-15(2)3/h6-13,15-16,20-21,31,33H,1,14H2,2-4H3,(H,27,34)(H,26,29,32)/t16?,20?,21-,23-,24-,39?/m1/s1. The summed E-state index contributed by atoms with van der Waals surface area (Å²) in [5.74, 6) is -4.08. The number of nitrogens with zero attached hydrogens (tertiary/aromatic N) is 1. The van der Waals surface area contributed by atoms with E-state index >= 15 is 4.39 Å². The molecule has 4 N–H and O–H groups in total. The van der Waals surface area contributed by atoms with Gasteiger partial charge in [0.05, 0.1) is 6.10 Å². The second kappa shape index (κ2) is 11.8. The fraction of sp³-hybridized carbons (Fsp3) is 0.417. The summed E-state index contributed by atoms with van der Waals surface area (Å²) in [5, 5.41) is 24.3. The van der Waals surface area contributed by atoms with E-state index in [2.05, 4.69) is 17.4 Å². The van der Waals surface area contributed by atoms with Gasteiger partial charge in [0.25, 0.3) is 11.4 Å². The third kappa shape index (κ3) is 6.81. The predicted molar refractivity (Wildman–Crippen MR) is 134 cm³/mol. The molecule has 212 valence electrons. The van der Waals surface area contributed by atoms with Crippen molar-refractivity contribution in [2.75, 3.05) is 6.61 Å². The highest BCUT2D eigenvalue weighted by Crippen LogP contribution is 2.50. The molecule has 1 fully saturated rings. The van der Waals surface area contributed by atoms with Crippen LogP contribution in [-0.4, -0.2) is 62.0 Å². The predicted octanol–water partition coefficient (Wildman–Crippen LogP) is 1.30. The molecule has 0 spiro atoms. The van der Waals surface area contributed by atoms with E-state index in [-0.39, 0.29) is 5.75 Å². The molecule has 13 nitrogen and oxygen atoms in total. The Balaban J connectivity index is 1.93. The van der Waals surface area contributed by atoms with Gasteiger partial charge in [0, 0.05) is 12.3 Å². The molecule has 1 saturated heterocycles. The average Bonchev–Trinajstić information content (AvgIpc) is 3.05. The first-order chi connectivity index (χ1) is 18.2. The molecule has 6 atom stereocenters. The maximum absolute atomic E-state index is 16.1. The topological polar surface area (TPSA) is 178 Å². The summed E-state index contributed by atoms with van der Waals surface area (Å²) in [6, 6.07) is 7.28. The summed E-state index contributed by atoms with van der Waals surface area (Å²) < 4.78 is 51.4. The van der Waals surface area contributed by atoms with Crippen LogP contribution in [0.1, 0.15) is 27.0 Å². The monoisotopic (exact) mass is 569 g/mol. The Labute approximate surface area is 222 Å². The van der Waals surface area contributed by atoms with E-state index < -0.39 is 67.5 Å². The van der Waals surface area contributed by atoms with Gasteiger partial charge in [-0.25, -0.2) is 13.8 Å². The van der Waals surface area contributed by atoms with Gasteiger partial charge in [-0.2, -0.15) is 5.09 Å². The van der Waals surface area contributed by atoms with Gasteiger partial charge in [0.2, 0.25) is 0 Å². The van der Waals surface area contributed by atoms with Crippen LogP contribution in [0.25, 0.3) is 0 Å². The zero-order chi connectivity index (χ0) is 29.0. The van der Waals surface area contributed by atoms with Crippen molar-refractivity contribution in [3.05, 3.63) is 81.8 Å². The van der Waals surface area contributed by atoms with Gasteiger partial charge in [-0.05, 0) is 39.0 Å². The number of benzene rings is 1. The van der Waals surface area contributed by atoms with Crippen molar-refractivity contribution < 1.29 is 42.5 Å².